The number of carboxylic acid groups (broad SMARTS) is 1. The van der Waals surface area contributed by atoms with Crippen molar-refractivity contribution in [1.82, 2.24) is 9.97 Å². The molecule has 0 spiro atoms. The zero-order valence-corrected chi connectivity index (χ0v) is 12.1. The van der Waals surface area contributed by atoms with Gasteiger partial charge in [0.2, 0.25) is 0 Å². The minimum atomic E-state index is -0.951. The van der Waals surface area contributed by atoms with Gasteiger partial charge in [0.05, 0.1) is 17.4 Å². The molecular formula is C8H8N2Na2O2. The van der Waals surface area contributed by atoms with E-state index in [1.165, 1.54) is 12.4 Å². The number of aromatic nitrogens is 2. The van der Waals surface area contributed by atoms with E-state index in [4.69, 9.17) is 5.11 Å². The molecule has 0 aliphatic rings. The standard InChI is InChI=1S/C8H6N2O2.2Na.2H/c11-8(12)5-2-1-3-6-7(5)10-4-9-6;;;;/h1-4H,(H,9,10)(H,11,12);;;;/q;2*+1;2*-1. The molecule has 0 unspecified atom stereocenters. The second kappa shape index (κ2) is 5.90. The summed E-state index contributed by atoms with van der Waals surface area (Å²) in [5, 5.41) is 8.75. The number of carboxylic acids is 1. The fourth-order valence-electron chi connectivity index (χ4n) is 1.14. The fraction of sp³-hybridized carbons (Fsp3) is 0. The normalized spacial score (nSPS) is 8.86. The van der Waals surface area contributed by atoms with Crippen molar-refractivity contribution in [2.24, 2.45) is 0 Å². The van der Waals surface area contributed by atoms with Gasteiger partial charge < -0.3 is 12.9 Å². The summed E-state index contributed by atoms with van der Waals surface area (Å²) < 4.78 is 0. The molecule has 64 valence electrons. The maximum atomic E-state index is 10.7. The van der Waals surface area contributed by atoms with Crippen molar-refractivity contribution in [3.63, 3.8) is 0 Å². The van der Waals surface area contributed by atoms with E-state index in [0.717, 1.165) is 5.52 Å². The van der Waals surface area contributed by atoms with Crippen LogP contribution in [0.15, 0.2) is 24.5 Å². The van der Waals surface area contributed by atoms with Crippen molar-refractivity contribution < 1.29 is 71.9 Å². The number of aromatic carboxylic acids is 1. The first-order chi connectivity index (χ1) is 5.79. The van der Waals surface area contributed by atoms with Crippen LogP contribution in [0.1, 0.15) is 13.2 Å². The Morgan fingerprint density at radius 2 is 2.14 bits per heavy atom. The summed E-state index contributed by atoms with van der Waals surface area (Å²) in [6.07, 6.45) is 1.48. The fourth-order valence-corrected chi connectivity index (χ4v) is 1.14. The van der Waals surface area contributed by atoms with Crippen LogP contribution in [0.4, 0.5) is 0 Å². The molecule has 1 aromatic heterocycles. The van der Waals surface area contributed by atoms with Gasteiger partial charge in [-0.2, -0.15) is 0 Å². The van der Waals surface area contributed by atoms with E-state index in [2.05, 4.69) is 9.97 Å². The largest absolute Gasteiger partial charge is 1.00 e. The van der Waals surface area contributed by atoms with Crippen LogP contribution in [-0.4, -0.2) is 21.0 Å². The summed E-state index contributed by atoms with van der Waals surface area (Å²) in [5.74, 6) is -0.951. The smallest absolute Gasteiger partial charge is 1.00 e. The van der Waals surface area contributed by atoms with Crippen molar-refractivity contribution in [1.29, 1.82) is 0 Å². The summed E-state index contributed by atoms with van der Waals surface area (Å²) in [6, 6.07) is 5.00. The topological polar surface area (TPSA) is 66.0 Å². The second-order valence-electron chi connectivity index (χ2n) is 2.41. The Balaban J connectivity index is -0.000000422. The number of fused-ring (bicyclic) bond motifs is 1. The molecule has 0 saturated carbocycles. The summed E-state index contributed by atoms with van der Waals surface area (Å²) in [7, 11) is 0. The molecule has 0 aliphatic carbocycles. The molecule has 0 amide bonds. The molecule has 1 aromatic carbocycles. The van der Waals surface area contributed by atoms with Gasteiger partial charge in [-0.05, 0) is 12.1 Å². The molecular weight excluding hydrogens is 202 g/mol. The Morgan fingerprint density at radius 3 is 2.79 bits per heavy atom. The van der Waals surface area contributed by atoms with Crippen molar-refractivity contribution in [2.75, 3.05) is 0 Å². The quantitative estimate of drug-likeness (QED) is 0.466. The van der Waals surface area contributed by atoms with Gasteiger partial charge in [-0.25, -0.2) is 9.78 Å². The zero-order valence-electron chi connectivity index (χ0n) is 10.1. The van der Waals surface area contributed by atoms with Crippen molar-refractivity contribution >= 4 is 17.0 Å². The van der Waals surface area contributed by atoms with Gasteiger partial charge in [0.25, 0.3) is 0 Å². The molecule has 4 nitrogen and oxygen atoms in total. The zero-order chi connectivity index (χ0) is 8.55. The van der Waals surface area contributed by atoms with Crippen LogP contribution in [0.3, 0.4) is 0 Å². The van der Waals surface area contributed by atoms with E-state index in [0.29, 0.717) is 5.52 Å². The molecule has 0 atom stereocenters. The van der Waals surface area contributed by atoms with Crippen LogP contribution in [-0.2, 0) is 0 Å². The Kier molecular flexibility index (Phi) is 5.97. The Morgan fingerprint density at radius 1 is 1.43 bits per heavy atom. The van der Waals surface area contributed by atoms with Crippen LogP contribution in [0.25, 0.3) is 11.0 Å². The van der Waals surface area contributed by atoms with E-state index in [-0.39, 0.29) is 67.5 Å². The Hall–Kier alpha value is 0.160. The summed E-state index contributed by atoms with van der Waals surface area (Å²) in [5.41, 5.74) is 1.48. The predicted octanol–water partition coefficient (Wildman–Crippen LogP) is -4.51. The number of imidazole rings is 1. The molecule has 6 heteroatoms. The molecule has 0 fully saturated rings. The van der Waals surface area contributed by atoms with Crippen molar-refractivity contribution in [3.8, 4) is 0 Å². The number of rotatable bonds is 1. The molecule has 0 bridgehead atoms. The van der Waals surface area contributed by atoms with Crippen LogP contribution in [0, 0.1) is 0 Å². The van der Waals surface area contributed by atoms with E-state index >= 15 is 0 Å². The third kappa shape index (κ3) is 2.59. The van der Waals surface area contributed by atoms with E-state index in [1.807, 2.05) is 0 Å². The first-order valence-electron chi connectivity index (χ1n) is 3.44. The van der Waals surface area contributed by atoms with Crippen LogP contribution in [0.5, 0.6) is 0 Å². The van der Waals surface area contributed by atoms with Crippen molar-refractivity contribution in [2.45, 2.75) is 0 Å². The van der Waals surface area contributed by atoms with E-state index in [9.17, 15) is 4.79 Å². The van der Waals surface area contributed by atoms with E-state index in [1.54, 1.807) is 12.1 Å². The van der Waals surface area contributed by atoms with Crippen LogP contribution >= 0.6 is 0 Å². The van der Waals surface area contributed by atoms with Crippen molar-refractivity contribution in [3.05, 3.63) is 30.1 Å². The average molecular weight is 210 g/mol. The Labute approximate surface area is 128 Å². The van der Waals surface area contributed by atoms with Gasteiger partial charge in [0, 0.05) is 0 Å². The number of nitrogens with zero attached hydrogens (tertiary/aromatic N) is 1. The van der Waals surface area contributed by atoms with Gasteiger partial charge in [0.15, 0.2) is 0 Å². The van der Waals surface area contributed by atoms with Gasteiger partial charge in [-0.1, -0.05) is 6.07 Å². The molecule has 2 N–H and O–H groups in total. The average Bonchev–Trinajstić information content (AvgIpc) is 2.49. The van der Waals surface area contributed by atoms with Crippen LogP contribution in [0.2, 0.25) is 0 Å². The maximum absolute atomic E-state index is 10.7. The monoisotopic (exact) mass is 210 g/mol. The second-order valence-corrected chi connectivity index (χ2v) is 2.41. The molecule has 14 heavy (non-hydrogen) atoms. The number of carbonyl (C=O) groups is 1. The third-order valence-electron chi connectivity index (χ3n) is 1.68. The summed E-state index contributed by atoms with van der Waals surface area (Å²) in [4.78, 5) is 17.4. The first-order valence-corrected chi connectivity index (χ1v) is 3.44. The van der Waals surface area contributed by atoms with Crippen LogP contribution < -0.4 is 59.1 Å². The van der Waals surface area contributed by atoms with Gasteiger partial charge in [-0.15, -0.1) is 0 Å². The number of nitrogens with one attached hydrogen (secondary N) is 1. The van der Waals surface area contributed by atoms with E-state index < -0.39 is 5.97 Å². The summed E-state index contributed by atoms with van der Waals surface area (Å²) in [6.45, 7) is 0. The van der Waals surface area contributed by atoms with Gasteiger partial charge in [-0.3, -0.25) is 0 Å². The third-order valence-corrected chi connectivity index (χ3v) is 1.68. The maximum Gasteiger partial charge on any atom is 1.00 e. The number of hydrogen-bond acceptors (Lipinski definition) is 2. The molecule has 0 aliphatic heterocycles. The van der Waals surface area contributed by atoms with Gasteiger partial charge in [0.1, 0.15) is 5.52 Å². The molecule has 2 rings (SSSR count). The summed E-state index contributed by atoms with van der Waals surface area (Å²) >= 11 is 0. The minimum Gasteiger partial charge on any atom is -1.00 e. The predicted molar refractivity (Wildman–Crippen MR) is 45.3 cm³/mol. The molecule has 0 saturated heterocycles. The number of hydrogen-bond donors (Lipinski definition) is 2. The number of benzene rings is 1. The minimum absolute atomic E-state index is 0. The molecule has 2 aromatic rings. The van der Waals surface area contributed by atoms with Gasteiger partial charge >= 0.3 is 65.1 Å². The number of para-hydroxylation sites is 1. The number of aromatic amines is 1. The number of H-pyrrole nitrogens is 1. The SMILES string of the molecule is O=C(O)c1cccc2[nH]cnc12.[H-].[H-].[Na+].[Na+]. The molecule has 1 heterocycles. The molecule has 0 radical (unpaired) electrons. The first kappa shape index (κ1) is 14.2. The Bertz CT molecular complexity index is 450.